The van der Waals surface area contributed by atoms with Gasteiger partial charge in [-0.15, -0.1) is 0 Å². The first-order chi connectivity index (χ1) is 17.0. The molecule has 1 heterocycles. The van der Waals surface area contributed by atoms with Gasteiger partial charge in [-0.1, -0.05) is 18.2 Å². The Labute approximate surface area is 206 Å². The molecule has 36 heavy (non-hydrogen) atoms. The summed E-state index contributed by atoms with van der Waals surface area (Å²) in [6.45, 7) is 0.985. The number of guanidine groups is 1. The van der Waals surface area contributed by atoms with Gasteiger partial charge in [0, 0.05) is 44.4 Å². The van der Waals surface area contributed by atoms with Crippen molar-refractivity contribution in [3.63, 3.8) is 0 Å². The molecule has 0 saturated carbocycles. The zero-order valence-corrected chi connectivity index (χ0v) is 19.8. The summed E-state index contributed by atoms with van der Waals surface area (Å²) < 4.78 is 26.9. The second-order valence-electron chi connectivity index (χ2n) is 7.86. The number of nitrogens with one attached hydrogen (secondary N) is 3. The Bertz CT molecular complexity index is 1260. The molecule has 2 aromatic carbocycles. The van der Waals surface area contributed by atoms with Crippen LogP contribution in [-0.4, -0.2) is 79.9 Å². The number of nitro benzene ring substituents is 1. The molecule has 0 bridgehead atoms. The summed E-state index contributed by atoms with van der Waals surface area (Å²) in [5, 5.41) is 30.9. The molecule has 1 amide bonds. The van der Waals surface area contributed by atoms with E-state index in [1.165, 1.54) is 36.4 Å². The fourth-order valence-corrected chi connectivity index (χ4v) is 4.81. The largest absolute Gasteiger partial charge is 0.480 e. The maximum Gasteiger partial charge on any atom is 0.323 e. The fourth-order valence-electron chi connectivity index (χ4n) is 3.60. The third kappa shape index (κ3) is 6.25. The van der Waals surface area contributed by atoms with Crippen molar-refractivity contribution in [2.75, 3.05) is 37.6 Å². The molecule has 3 rings (SSSR count). The van der Waals surface area contributed by atoms with Crippen LogP contribution in [0.1, 0.15) is 10.4 Å². The number of carboxylic acid groups (broad SMARTS) is 1. The van der Waals surface area contributed by atoms with Gasteiger partial charge in [0.15, 0.2) is 5.96 Å². The van der Waals surface area contributed by atoms with Gasteiger partial charge < -0.3 is 26.0 Å². The zero-order chi connectivity index (χ0) is 26.5. The summed E-state index contributed by atoms with van der Waals surface area (Å²) in [6, 6.07) is 9.32. The Kier molecular flexibility index (Phi) is 8.06. The molecule has 14 nitrogen and oxygen atoms in total. The first kappa shape index (κ1) is 26.4. The second-order valence-corrected chi connectivity index (χ2v) is 9.57. The topological polar surface area (TPSA) is 212 Å². The zero-order valence-electron chi connectivity index (χ0n) is 19.0. The second kappa shape index (κ2) is 11.0. The number of amides is 1. The predicted octanol–water partition coefficient (Wildman–Crippen LogP) is -0.228. The number of carboxylic acids is 1. The van der Waals surface area contributed by atoms with E-state index in [-0.39, 0.29) is 22.1 Å². The molecule has 6 N–H and O–H groups in total. The highest BCUT2D eigenvalue weighted by Gasteiger charge is 2.28. The number of nitrogens with zero attached hydrogens (tertiary/aromatic N) is 3. The molecule has 1 saturated heterocycles. The lowest BCUT2D eigenvalue weighted by Gasteiger charge is -2.35. The third-order valence-corrected chi connectivity index (χ3v) is 7.00. The standard InChI is InChI=1S/C21H25N7O7S/c22-21(23)27-10-8-26(9-11-27)17-7-6-14(12-18(17)28(32)33)19(29)24-13-16(20(30)31)25-36(34,35)15-4-2-1-3-5-15/h1-7,12,16,25H,8-11,13H2,(H3,22,23)(H,24,29)(H,30,31). The van der Waals surface area contributed by atoms with Gasteiger partial charge >= 0.3 is 5.97 Å². The summed E-state index contributed by atoms with van der Waals surface area (Å²) in [5.74, 6) is -2.40. The van der Waals surface area contributed by atoms with Crippen LogP contribution < -0.4 is 20.7 Å². The van der Waals surface area contributed by atoms with Crippen molar-refractivity contribution < 1.29 is 28.0 Å². The summed E-state index contributed by atoms with van der Waals surface area (Å²) in [7, 11) is -4.16. The van der Waals surface area contributed by atoms with Crippen molar-refractivity contribution >= 4 is 39.2 Å². The molecule has 0 radical (unpaired) electrons. The number of piperazine rings is 1. The number of sulfonamides is 1. The molecule has 2 aromatic rings. The van der Waals surface area contributed by atoms with Crippen molar-refractivity contribution in [3.8, 4) is 0 Å². The first-order valence-corrected chi connectivity index (χ1v) is 12.2. The first-order valence-electron chi connectivity index (χ1n) is 10.7. The minimum atomic E-state index is -4.16. The summed E-state index contributed by atoms with van der Waals surface area (Å²) in [5.41, 5.74) is 5.35. The number of carbonyl (C=O) groups is 2. The number of hydrogen-bond acceptors (Lipinski definition) is 8. The van der Waals surface area contributed by atoms with Crippen LogP contribution in [0.25, 0.3) is 0 Å². The highest BCUT2D eigenvalue weighted by Crippen LogP contribution is 2.30. The predicted molar refractivity (Wildman–Crippen MR) is 129 cm³/mol. The number of nitro groups is 1. The third-order valence-electron chi connectivity index (χ3n) is 5.51. The van der Waals surface area contributed by atoms with Gasteiger partial charge in [0.05, 0.1) is 9.82 Å². The van der Waals surface area contributed by atoms with Crippen LogP contribution >= 0.6 is 0 Å². The molecule has 1 atom stereocenters. The van der Waals surface area contributed by atoms with Crippen LogP contribution in [0.15, 0.2) is 53.4 Å². The number of nitrogens with two attached hydrogens (primary N) is 1. The van der Waals surface area contributed by atoms with E-state index in [4.69, 9.17) is 11.1 Å². The number of carbonyl (C=O) groups excluding carboxylic acids is 1. The van der Waals surface area contributed by atoms with Gasteiger partial charge in [0.2, 0.25) is 10.0 Å². The van der Waals surface area contributed by atoms with E-state index in [1.54, 1.807) is 15.9 Å². The normalized spacial score (nSPS) is 14.7. The molecular formula is C21H25N7O7S. The fraction of sp³-hybridized carbons (Fsp3) is 0.286. The van der Waals surface area contributed by atoms with Crippen LogP contribution in [0.2, 0.25) is 0 Å². The highest BCUT2D eigenvalue weighted by molar-refractivity contribution is 7.89. The number of anilines is 1. The lowest BCUT2D eigenvalue weighted by atomic mass is 10.1. The Morgan fingerprint density at radius 3 is 2.33 bits per heavy atom. The highest BCUT2D eigenvalue weighted by atomic mass is 32.2. The molecule has 1 fully saturated rings. The molecule has 0 aliphatic carbocycles. The minimum Gasteiger partial charge on any atom is -0.480 e. The Balaban J connectivity index is 1.71. The van der Waals surface area contributed by atoms with Gasteiger partial charge in [-0.25, -0.2) is 8.42 Å². The lowest BCUT2D eigenvalue weighted by Crippen LogP contribution is -2.51. The molecule has 1 aliphatic heterocycles. The quantitative estimate of drug-likeness (QED) is 0.127. The van der Waals surface area contributed by atoms with Crippen LogP contribution in [0.4, 0.5) is 11.4 Å². The average Bonchev–Trinajstić information content (AvgIpc) is 2.86. The van der Waals surface area contributed by atoms with Crippen LogP contribution in [0.3, 0.4) is 0 Å². The molecular weight excluding hydrogens is 494 g/mol. The molecule has 15 heteroatoms. The van der Waals surface area contributed by atoms with E-state index in [0.717, 1.165) is 6.07 Å². The van der Waals surface area contributed by atoms with Crippen molar-refractivity contribution in [2.24, 2.45) is 5.73 Å². The molecule has 1 unspecified atom stereocenters. The van der Waals surface area contributed by atoms with Crippen molar-refractivity contribution in [1.29, 1.82) is 5.41 Å². The van der Waals surface area contributed by atoms with Crippen LogP contribution in [0.5, 0.6) is 0 Å². The smallest absolute Gasteiger partial charge is 0.323 e. The van der Waals surface area contributed by atoms with Gasteiger partial charge in [0.25, 0.3) is 11.6 Å². The lowest BCUT2D eigenvalue weighted by molar-refractivity contribution is -0.384. The van der Waals surface area contributed by atoms with Crippen LogP contribution in [0, 0.1) is 15.5 Å². The average molecular weight is 520 g/mol. The maximum atomic E-state index is 12.6. The van der Waals surface area contributed by atoms with Gasteiger partial charge in [-0.2, -0.15) is 4.72 Å². The van der Waals surface area contributed by atoms with E-state index in [2.05, 4.69) is 5.32 Å². The minimum absolute atomic E-state index is 0.0816. The SMILES string of the molecule is N=C(N)N1CCN(c2ccc(C(=O)NCC(NS(=O)(=O)c3ccccc3)C(=O)O)cc2[N+](=O)[O-])CC1. The van der Waals surface area contributed by atoms with E-state index in [9.17, 15) is 33.2 Å². The number of benzene rings is 2. The Hall–Kier alpha value is -4.24. The molecule has 0 spiro atoms. The monoisotopic (exact) mass is 519 g/mol. The summed E-state index contributed by atoms with van der Waals surface area (Å²) in [6.07, 6.45) is 0. The molecule has 0 aromatic heterocycles. The van der Waals surface area contributed by atoms with Gasteiger partial charge in [-0.05, 0) is 24.3 Å². The van der Waals surface area contributed by atoms with E-state index in [1.807, 2.05) is 4.72 Å². The summed E-state index contributed by atoms with van der Waals surface area (Å²) >= 11 is 0. The summed E-state index contributed by atoms with van der Waals surface area (Å²) in [4.78, 5) is 38.5. The van der Waals surface area contributed by atoms with E-state index < -0.39 is 39.4 Å². The number of hydrogen-bond donors (Lipinski definition) is 5. The van der Waals surface area contributed by atoms with Crippen molar-refractivity contribution in [1.82, 2.24) is 14.9 Å². The van der Waals surface area contributed by atoms with E-state index >= 15 is 0 Å². The van der Waals surface area contributed by atoms with Gasteiger partial charge in [-0.3, -0.25) is 25.1 Å². The molecule has 192 valence electrons. The van der Waals surface area contributed by atoms with E-state index in [0.29, 0.717) is 31.9 Å². The van der Waals surface area contributed by atoms with Gasteiger partial charge in [0.1, 0.15) is 11.7 Å². The maximum absolute atomic E-state index is 12.6. The Morgan fingerprint density at radius 1 is 1.14 bits per heavy atom. The van der Waals surface area contributed by atoms with Crippen molar-refractivity contribution in [3.05, 3.63) is 64.2 Å². The molecule has 1 aliphatic rings. The van der Waals surface area contributed by atoms with Crippen LogP contribution in [-0.2, 0) is 14.8 Å². The van der Waals surface area contributed by atoms with Crippen molar-refractivity contribution in [2.45, 2.75) is 10.9 Å². The number of rotatable bonds is 9. The number of aliphatic carboxylic acids is 1. The Morgan fingerprint density at radius 2 is 1.78 bits per heavy atom.